The van der Waals surface area contributed by atoms with E-state index in [0.29, 0.717) is 0 Å². The van der Waals surface area contributed by atoms with Crippen molar-refractivity contribution in [3.05, 3.63) is 40.0 Å². The van der Waals surface area contributed by atoms with Crippen molar-refractivity contribution in [1.29, 1.82) is 0 Å². The maximum atomic E-state index is 10.7. The molecule has 1 rings (SSSR count). The van der Waals surface area contributed by atoms with E-state index in [1.54, 1.807) is 6.08 Å². The summed E-state index contributed by atoms with van der Waals surface area (Å²) in [7, 11) is 0. The van der Waals surface area contributed by atoms with Crippen LogP contribution in [0.15, 0.2) is 12.1 Å². The largest absolute Gasteiger partial charge is 0.366 e. The van der Waals surface area contributed by atoms with Gasteiger partial charge in [0.05, 0.1) is 0 Å². The maximum absolute atomic E-state index is 10.7. The van der Waals surface area contributed by atoms with Crippen LogP contribution in [-0.4, -0.2) is 5.91 Å². The van der Waals surface area contributed by atoms with E-state index < -0.39 is 5.91 Å². The van der Waals surface area contributed by atoms with E-state index in [0.717, 1.165) is 5.56 Å². The second-order valence-electron chi connectivity index (χ2n) is 3.91. The summed E-state index contributed by atoms with van der Waals surface area (Å²) in [6.45, 7) is 8.26. The maximum Gasteiger partial charge on any atom is 0.241 e. The summed E-state index contributed by atoms with van der Waals surface area (Å²) in [5.41, 5.74) is 11.1. The molecule has 0 saturated heterocycles. The Hall–Kier alpha value is -1.57. The fourth-order valence-corrected chi connectivity index (χ4v) is 1.66. The zero-order valence-electron chi connectivity index (χ0n) is 9.72. The third-order valence-electron chi connectivity index (χ3n) is 2.84. The van der Waals surface area contributed by atoms with Crippen LogP contribution in [0, 0.1) is 27.7 Å². The summed E-state index contributed by atoms with van der Waals surface area (Å²) in [4.78, 5) is 10.7. The van der Waals surface area contributed by atoms with Crippen LogP contribution in [0.2, 0.25) is 0 Å². The van der Waals surface area contributed by atoms with E-state index in [1.165, 1.54) is 28.3 Å². The molecule has 0 aromatic heterocycles. The zero-order valence-corrected chi connectivity index (χ0v) is 9.72. The van der Waals surface area contributed by atoms with Crippen molar-refractivity contribution in [3.8, 4) is 0 Å². The van der Waals surface area contributed by atoms with Crippen LogP contribution < -0.4 is 5.73 Å². The Kier molecular flexibility index (Phi) is 3.30. The number of carbonyl (C=O) groups excluding carboxylic acids is 1. The number of primary amides is 1. The van der Waals surface area contributed by atoms with Crippen LogP contribution in [0.4, 0.5) is 0 Å². The smallest absolute Gasteiger partial charge is 0.241 e. The van der Waals surface area contributed by atoms with Crippen molar-refractivity contribution in [3.63, 3.8) is 0 Å². The lowest BCUT2D eigenvalue weighted by atomic mass is 9.94. The van der Waals surface area contributed by atoms with E-state index in [-0.39, 0.29) is 0 Å². The molecule has 2 N–H and O–H groups in total. The van der Waals surface area contributed by atoms with Gasteiger partial charge in [0, 0.05) is 6.08 Å². The number of nitrogens with two attached hydrogens (primary N) is 1. The second-order valence-corrected chi connectivity index (χ2v) is 3.91. The molecule has 0 aliphatic rings. The minimum atomic E-state index is -0.409. The van der Waals surface area contributed by atoms with Gasteiger partial charge in [-0.15, -0.1) is 0 Å². The molecule has 80 valence electrons. The molecule has 1 amide bonds. The molecule has 1 aromatic rings. The Bertz CT molecular complexity index is 404. The second kappa shape index (κ2) is 4.30. The van der Waals surface area contributed by atoms with E-state index in [4.69, 9.17) is 5.73 Å². The number of hydrogen-bond acceptors (Lipinski definition) is 1. The first-order valence-electron chi connectivity index (χ1n) is 4.98. The molecule has 0 spiro atoms. The van der Waals surface area contributed by atoms with Crippen LogP contribution in [0.5, 0.6) is 0 Å². The van der Waals surface area contributed by atoms with E-state index in [2.05, 4.69) is 33.8 Å². The fraction of sp³-hybridized carbons (Fsp3) is 0.308. The van der Waals surface area contributed by atoms with E-state index in [9.17, 15) is 4.79 Å². The first-order chi connectivity index (χ1) is 6.93. The van der Waals surface area contributed by atoms with Crippen molar-refractivity contribution in [2.75, 3.05) is 0 Å². The van der Waals surface area contributed by atoms with Crippen LogP contribution >= 0.6 is 0 Å². The first kappa shape index (κ1) is 11.5. The summed E-state index contributed by atoms with van der Waals surface area (Å²) in [5.74, 6) is -0.409. The minimum absolute atomic E-state index is 0.409. The Balaban J connectivity index is 3.33. The number of amides is 1. The first-order valence-corrected chi connectivity index (χ1v) is 4.98. The SMILES string of the molecule is Cc1cc(C)c(C)c(C=CC(N)=O)c1C. The molecule has 0 bridgehead atoms. The molecule has 0 atom stereocenters. The topological polar surface area (TPSA) is 43.1 Å². The van der Waals surface area contributed by atoms with Crippen LogP contribution in [0.25, 0.3) is 6.08 Å². The summed E-state index contributed by atoms with van der Waals surface area (Å²) in [6, 6.07) is 2.16. The average molecular weight is 203 g/mol. The van der Waals surface area contributed by atoms with E-state index in [1.807, 2.05) is 0 Å². The van der Waals surface area contributed by atoms with Gasteiger partial charge in [-0.25, -0.2) is 0 Å². The van der Waals surface area contributed by atoms with Crippen molar-refractivity contribution < 1.29 is 4.79 Å². The van der Waals surface area contributed by atoms with Gasteiger partial charge in [-0.3, -0.25) is 4.79 Å². The van der Waals surface area contributed by atoms with Gasteiger partial charge < -0.3 is 5.73 Å². The number of benzene rings is 1. The zero-order chi connectivity index (χ0) is 11.6. The summed E-state index contributed by atoms with van der Waals surface area (Å²) >= 11 is 0. The Morgan fingerprint density at radius 1 is 1.13 bits per heavy atom. The molecule has 0 aliphatic heterocycles. The van der Waals surface area contributed by atoms with Gasteiger partial charge in [-0.05, 0) is 61.6 Å². The molecule has 0 heterocycles. The van der Waals surface area contributed by atoms with Crippen molar-refractivity contribution in [2.24, 2.45) is 5.73 Å². The molecule has 2 nitrogen and oxygen atoms in total. The highest BCUT2D eigenvalue weighted by molar-refractivity contribution is 5.90. The lowest BCUT2D eigenvalue weighted by molar-refractivity contribution is -0.113. The van der Waals surface area contributed by atoms with Crippen molar-refractivity contribution in [2.45, 2.75) is 27.7 Å². The third kappa shape index (κ3) is 2.46. The lowest BCUT2D eigenvalue weighted by Crippen LogP contribution is -2.05. The molecule has 0 saturated carbocycles. The van der Waals surface area contributed by atoms with Gasteiger partial charge in [0.1, 0.15) is 0 Å². The van der Waals surface area contributed by atoms with Gasteiger partial charge in [0.15, 0.2) is 0 Å². The normalized spacial score (nSPS) is 10.9. The average Bonchev–Trinajstić information content (AvgIpc) is 2.14. The fourth-order valence-electron chi connectivity index (χ4n) is 1.66. The number of carbonyl (C=O) groups is 1. The highest BCUT2D eigenvalue weighted by Gasteiger charge is 2.05. The molecule has 0 unspecified atom stereocenters. The molecular formula is C13H17NO. The molecule has 0 fully saturated rings. The monoisotopic (exact) mass is 203 g/mol. The van der Waals surface area contributed by atoms with E-state index >= 15 is 0 Å². The predicted octanol–water partition coefficient (Wildman–Crippen LogP) is 2.42. The van der Waals surface area contributed by atoms with Crippen LogP contribution in [-0.2, 0) is 4.79 Å². The summed E-state index contributed by atoms with van der Waals surface area (Å²) in [6.07, 6.45) is 3.21. The van der Waals surface area contributed by atoms with Gasteiger partial charge in [-0.1, -0.05) is 6.07 Å². The molecule has 15 heavy (non-hydrogen) atoms. The number of hydrogen-bond donors (Lipinski definition) is 1. The Morgan fingerprint density at radius 2 is 1.60 bits per heavy atom. The summed E-state index contributed by atoms with van der Waals surface area (Å²) < 4.78 is 0. The van der Waals surface area contributed by atoms with Crippen LogP contribution in [0.3, 0.4) is 0 Å². The number of rotatable bonds is 2. The molecule has 0 radical (unpaired) electrons. The molecule has 0 aliphatic carbocycles. The highest BCUT2D eigenvalue weighted by Crippen LogP contribution is 2.22. The Labute approximate surface area is 90.8 Å². The van der Waals surface area contributed by atoms with Gasteiger partial charge in [-0.2, -0.15) is 0 Å². The molecular weight excluding hydrogens is 186 g/mol. The third-order valence-corrected chi connectivity index (χ3v) is 2.84. The predicted molar refractivity (Wildman–Crippen MR) is 63.6 cm³/mol. The van der Waals surface area contributed by atoms with Gasteiger partial charge in [0.2, 0.25) is 5.91 Å². The van der Waals surface area contributed by atoms with Gasteiger partial charge in [0.25, 0.3) is 0 Å². The highest BCUT2D eigenvalue weighted by atomic mass is 16.1. The Morgan fingerprint density at radius 3 is 2.00 bits per heavy atom. The summed E-state index contributed by atoms with van der Waals surface area (Å²) in [5, 5.41) is 0. The molecule has 1 aromatic carbocycles. The van der Waals surface area contributed by atoms with Gasteiger partial charge >= 0.3 is 0 Å². The number of aryl methyl sites for hydroxylation is 2. The van der Waals surface area contributed by atoms with Crippen LogP contribution in [0.1, 0.15) is 27.8 Å². The standard InChI is InChI=1S/C13H17NO/c1-8-7-9(2)11(4)12(10(8)3)5-6-13(14)15/h5-7H,1-4H3,(H2,14,15). The quantitative estimate of drug-likeness (QED) is 0.737. The van der Waals surface area contributed by atoms with Crippen molar-refractivity contribution in [1.82, 2.24) is 0 Å². The van der Waals surface area contributed by atoms with Crippen molar-refractivity contribution >= 4 is 12.0 Å². The molecule has 2 heteroatoms. The lowest BCUT2D eigenvalue weighted by Gasteiger charge is -2.11. The minimum Gasteiger partial charge on any atom is -0.366 e.